The zero-order valence-corrected chi connectivity index (χ0v) is 13.3. The molecule has 3 aromatic carbocycles. The number of hydrogen-bond acceptors (Lipinski definition) is 3. The Morgan fingerprint density at radius 2 is 1.83 bits per heavy atom. The summed E-state index contributed by atoms with van der Waals surface area (Å²) >= 11 is 6.09. The van der Waals surface area contributed by atoms with Crippen molar-refractivity contribution >= 4 is 28.3 Å². The van der Waals surface area contributed by atoms with Crippen molar-refractivity contribution in [1.82, 2.24) is 0 Å². The fourth-order valence-corrected chi connectivity index (χ4v) is 2.81. The van der Waals surface area contributed by atoms with Crippen molar-refractivity contribution in [3.05, 3.63) is 65.2 Å². The van der Waals surface area contributed by atoms with Gasteiger partial charge in [0.1, 0.15) is 11.3 Å². The molecule has 0 saturated carbocycles. The molecule has 1 N–H and O–H groups in total. The van der Waals surface area contributed by atoms with E-state index >= 15 is 0 Å². The number of ether oxygens (including phenoxy) is 1. The molecule has 0 fully saturated rings. The number of esters is 1. The van der Waals surface area contributed by atoms with E-state index in [0.29, 0.717) is 10.4 Å². The third kappa shape index (κ3) is 2.88. The predicted molar refractivity (Wildman–Crippen MR) is 92.0 cm³/mol. The van der Waals surface area contributed by atoms with Crippen LogP contribution in [-0.2, 0) is 4.74 Å². The molecule has 3 aromatic rings. The first-order valence-corrected chi connectivity index (χ1v) is 7.67. The normalized spacial score (nSPS) is 10.7. The maximum atomic E-state index is 12.2. The third-order valence-corrected chi connectivity index (χ3v) is 3.88. The number of fused-ring (bicyclic) bond motifs is 1. The largest absolute Gasteiger partial charge is 0.506 e. The number of carbonyl (C=O) groups is 1. The zero-order chi connectivity index (χ0) is 16.4. The van der Waals surface area contributed by atoms with Gasteiger partial charge in [0.25, 0.3) is 0 Å². The molecule has 0 aliphatic carbocycles. The van der Waals surface area contributed by atoms with Crippen LogP contribution in [0.25, 0.3) is 21.9 Å². The Labute approximate surface area is 139 Å². The van der Waals surface area contributed by atoms with Crippen LogP contribution in [-0.4, -0.2) is 17.7 Å². The number of halogens is 1. The topological polar surface area (TPSA) is 46.5 Å². The smallest absolute Gasteiger partial charge is 0.341 e. The lowest BCUT2D eigenvalue weighted by Gasteiger charge is -2.13. The summed E-state index contributed by atoms with van der Waals surface area (Å²) in [7, 11) is 0. The summed E-state index contributed by atoms with van der Waals surface area (Å²) in [5.41, 5.74) is 1.85. The lowest BCUT2D eigenvalue weighted by molar-refractivity contribution is 0.0523. The number of hydrogen-bond donors (Lipinski definition) is 1. The van der Waals surface area contributed by atoms with E-state index in [4.69, 9.17) is 16.3 Å². The fraction of sp³-hybridized carbons (Fsp3) is 0.105. The van der Waals surface area contributed by atoms with Gasteiger partial charge in [0.15, 0.2) is 0 Å². The fourth-order valence-electron chi connectivity index (χ4n) is 2.62. The summed E-state index contributed by atoms with van der Waals surface area (Å²) < 4.78 is 5.05. The van der Waals surface area contributed by atoms with Gasteiger partial charge in [-0.25, -0.2) is 4.79 Å². The van der Waals surface area contributed by atoms with E-state index in [0.717, 1.165) is 16.5 Å². The second kappa shape index (κ2) is 6.31. The van der Waals surface area contributed by atoms with Crippen molar-refractivity contribution in [1.29, 1.82) is 0 Å². The minimum absolute atomic E-state index is 0.0650. The van der Waals surface area contributed by atoms with E-state index in [1.165, 1.54) is 0 Å². The van der Waals surface area contributed by atoms with Crippen LogP contribution < -0.4 is 0 Å². The standard InChI is InChI=1S/C19H15ClO3/c1-2-23-19(22)17-11-16(12-6-5-7-13(20)10-12)14-8-3-4-9-15(14)18(17)21/h3-11,21H,2H2,1H3. The Morgan fingerprint density at radius 1 is 1.09 bits per heavy atom. The van der Waals surface area contributed by atoms with Crippen molar-refractivity contribution in [2.75, 3.05) is 6.61 Å². The average molecular weight is 327 g/mol. The Hall–Kier alpha value is -2.52. The van der Waals surface area contributed by atoms with Gasteiger partial charge in [-0.05, 0) is 41.6 Å². The molecule has 0 radical (unpaired) electrons. The van der Waals surface area contributed by atoms with Gasteiger partial charge in [0, 0.05) is 10.4 Å². The van der Waals surface area contributed by atoms with Gasteiger partial charge >= 0.3 is 5.97 Å². The minimum atomic E-state index is -0.543. The van der Waals surface area contributed by atoms with Crippen LogP contribution in [0.3, 0.4) is 0 Å². The first-order valence-electron chi connectivity index (χ1n) is 7.29. The summed E-state index contributed by atoms with van der Waals surface area (Å²) in [6, 6.07) is 16.4. The van der Waals surface area contributed by atoms with Crippen molar-refractivity contribution in [2.45, 2.75) is 6.92 Å². The van der Waals surface area contributed by atoms with Gasteiger partial charge in [0.2, 0.25) is 0 Å². The van der Waals surface area contributed by atoms with Crippen LogP contribution >= 0.6 is 11.6 Å². The Morgan fingerprint density at radius 3 is 2.52 bits per heavy atom. The van der Waals surface area contributed by atoms with Crippen molar-refractivity contribution in [2.24, 2.45) is 0 Å². The molecule has 0 amide bonds. The van der Waals surface area contributed by atoms with Crippen molar-refractivity contribution in [3.8, 4) is 16.9 Å². The van der Waals surface area contributed by atoms with Crippen molar-refractivity contribution in [3.63, 3.8) is 0 Å². The molecule has 116 valence electrons. The molecular formula is C19H15ClO3. The molecule has 0 atom stereocenters. The van der Waals surface area contributed by atoms with E-state index in [1.54, 1.807) is 25.1 Å². The summed E-state index contributed by atoms with van der Waals surface area (Å²) in [6.45, 7) is 1.98. The number of benzene rings is 3. The number of phenolic OH excluding ortho intramolecular Hbond substituents is 1. The molecule has 0 unspecified atom stereocenters. The van der Waals surface area contributed by atoms with Gasteiger partial charge in [-0.15, -0.1) is 0 Å². The van der Waals surface area contributed by atoms with E-state index in [9.17, 15) is 9.90 Å². The molecule has 0 spiro atoms. The molecule has 4 heteroatoms. The molecule has 0 bridgehead atoms. The Balaban J connectivity index is 2.32. The van der Waals surface area contributed by atoms with Gasteiger partial charge in [-0.2, -0.15) is 0 Å². The Bertz CT molecular complexity index is 887. The summed E-state index contributed by atoms with van der Waals surface area (Å²) in [5.74, 6) is -0.608. The molecule has 0 aliphatic rings. The predicted octanol–water partition coefficient (Wildman–Crippen LogP) is 5.04. The molecule has 0 saturated heterocycles. The van der Waals surface area contributed by atoms with Crippen LogP contribution in [0, 0.1) is 0 Å². The molecule has 3 nitrogen and oxygen atoms in total. The maximum absolute atomic E-state index is 12.2. The lowest BCUT2D eigenvalue weighted by atomic mass is 9.94. The maximum Gasteiger partial charge on any atom is 0.341 e. The summed E-state index contributed by atoms with van der Waals surface area (Å²) in [5, 5.41) is 12.5. The molecule has 3 rings (SSSR count). The lowest BCUT2D eigenvalue weighted by Crippen LogP contribution is -2.05. The van der Waals surface area contributed by atoms with Crippen LogP contribution in [0.2, 0.25) is 5.02 Å². The average Bonchev–Trinajstić information content (AvgIpc) is 2.55. The minimum Gasteiger partial charge on any atom is -0.506 e. The zero-order valence-electron chi connectivity index (χ0n) is 12.5. The molecule has 0 aliphatic heterocycles. The molecule has 0 aromatic heterocycles. The van der Waals surface area contributed by atoms with Crippen molar-refractivity contribution < 1.29 is 14.6 Å². The van der Waals surface area contributed by atoms with E-state index in [1.807, 2.05) is 36.4 Å². The van der Waals surface area contributed by atoms with E-state index in [-0.39, 0.29) is 17.9 Å². The number of carbonyl (C=O) groups excluding carboxylic acids is 1. The highest BCUT2D eigenvalue weighted by atomic mass is 35.5. The quantitative estimate of drug-likeness (QED) is 0.686. The van der Waals surface area contributed by atoms with Gasteiger partial charge < -0.3 is 9.84 Å². The molecule has 0 heterocycles. The summed E-state index contributed by atoms with van der Waals surface area (Å²) in [4.78, 5) is 12.2. The number of rotatable bonds is 3. The highest BCUT2D eigenvalue weighted by Gasteiger charge is 2.18. The van der Waals surface area contributed by atoms with Crippen LogP contribution in [0.15, 0.2) is 54.6 Å². The second-order valence-electron chi connectivity index (χ2n) is 5.10. The van der Waals surface area contributed by atoms with Crippen LogP contribution in [0.1, 0.15) is 17.3 Å². The second-order valence-corrected chi connectivity index (χ2v) is 5.53. The van der Waals surface area contributed by atoms with Crippen LogP contribution in [0.5, 0.6) is 5.75 Å². The van der Waals surface area contributed by atoms with Gasteiger partial charge in [-0.3, -0.25) is 0 Å². The Kier molecular flexibility index (Phi) is 4.22. The molecular weight excluding hydrogens is 312 g/mol. The highest BCUT2D eigenvalue weighted by Crippen LogP contribution is 2.37. The van der Waals surface area contributed by atoms with Crippen LogP contribution in [0.4, 0.5) is 0 Å². The first-order chi connectivity index (χ1) is 11.1. The van der Waals surface area contributed by atoms with E-state index in [2.05, 4.69) is 0 Å². The first kappa shape index (κ1) is 15.4. The highest BCUT2D eigenvalue weighted by molar-refractivity contribution is 6.31. The molecule has 23 heavy (non-hydrogen) atoms. The third-order valence-electron chi connectivity index (χ3n) is 3.65. The van der Waals surface area contributed by atoms with Gasteiger partial charge in [-0.1, -0.05) is 48.0 Å². The number of phenols is 1. The SMILES string of the molecule is CCOC(=O)c1cc(-c2cccc(Cl)c2)c2ccccc2c1O. The van der Waals surface area contributed by atoms with Gasteiger partial charge in [0.05, 0.1) is 6.61 Å². The summed E-state index contributed by atoms with van der Waals surface area (Å²) in [6.07, 6.45) is 0. The monoisotopic (exact) mass is 326 g/mol. The van der Waals surface area contributed by atoms with E-state index < -0.39 is 5.97 Å². The number of aromatic hydroxyl groups is 1.